The number of methoxy groups -OCH3 is 1. The molecule has 2 atom stereocenters. The molecule has 0 spiro atoms. The third-order valence-electron chi connectivity index (χ3n) is 6.81. The van der Waals surface area contributed by atoms with Gasteiger partial charge in [-0.05, 0) is 44.6 Å². The number of hydrogen-bond donors (Lipinski definition) is 3. The molecule has 5 rings (SSSR count). The number of fused-ring (bicyclic) bond motifs is 1. The van der Waals surface area contributed by atoms with Crippen LogP contribution >= 0.6 is 0 Å². The molecular formula is C26H30FN5O5. The van der Waals surface area contributed by atoms with Gasteiger partial charge in [0, 0.05) is 37.0 Å². The molecule has 10 nitrogen and oxygen atoms in total. The molecule has 2 fully saturated rings. The average molecular weight is 512 g/mol. The van der Waals surface area contributed by atoms with E-state index in [0.717, 1.165) is 19.3 Å². The summed E-state index contributed by atoms with van der Waals surface area (Å²) in [5, 5.41) is 12.6. The number of halogens is 1. The van der Waals surface area contributed by atoms with Crippen molar-refractivity contribution in [3.05, 3.63) is 36.0 Å². The van der Waals surface area contributed by atoms with Crippen molar-refractivity contribution in [3.8, 4) is 22.8 Å². The number of amides is 2. The Morgan fingerprint density at radius 3 is 2.81 bits per heavy atom. The highest BCUT2D eigenvalue weighted by Gasteiger charge is 2.29. The van der Waals surface area contributed by atoms with Gasteiger partial charge >= 0.3 is 0 Å². The highest BCUT2D eigenvalue weighted by atomic mass is 19.1. The zero-order valence-corrected chi connectivity index (χ0v) is 20.8. The Labute approximate surface area is 213 Å². The molecule has 1 aromatic carbocycles. The van der Waals surface area contributed by atoms with E-state index in [1.165, 1.54) is 32.5 Å². The number of aliphatic hydroxyl groups excluding tert-OH is 1. The van der Waals surface area contributed by atoms with Crippen LogP contribution in [0, 0.1) is 11.7 Å². The van der Waals surface area contributed by atoms with Crippen LogP contribution in [0.4, 0.5) is 4.39 Å². The van der Waals surface area contributed by atoms with Crippen molar-refractivity contribution in [1.29, 1.82) is 0 Å². The Balaban J connectivity index is 1.42. The second kappa shape index (κ2) is 10.3. The van der Waals surface area contributed by atoms with Gasteiger partial charge in [0.2, 0.25) is 0 Å². The molecule has 1 aliphatic carbocycles. The largest absolute Gasteiger partial charge is 0.494 e. The number of aromatic nitrogens is 3. The fraction of sp³-hybridized carbons (Fsp3) is 0.462. The van der Waals surface area contributed by atoms with Crippen LogP contribution in [0.1, 0.15) is 43.0 Å². The summed E-state index contributed by atoms with van der Waals surface area (Å²) in [4.78, 5) is 38.7. The van der Waals surface area contributed by atoms with Gasteiger partial charge in [0.15, 0.2) is 11.6 Å². The van der Waals surface area contributed by atoms with Crippen molar-refractivity contribution in [2.45, 2.75) is 44.8 Å². The van der Waals surface area contributed by atoms with Crippen LogP contribution in [-0.2, 0) is 4.79 Å². The quantitative estimate of drug-likeness (QED) is 0.424. The van der Waals surface area contributed by atoms with E-state index in [-0.39, 0.29) is 23.6 Å². The molecule has 0 bridgehead atoms. The number of carbonyl (C=O) groups is 2. The lowest BCUT2D eigenvalue weighted by atomic mass is 10.0. The summed E-state index contributed by atoms with van der Waals surface area (Å²) in [6.45, 7) is 2.82. The first-order valence-corrected chi connectivity index (χ1v) is 12.5. The van der Waals surface area contributed by atoms with Crippen molar-refractivity contribution < 1.29 is 28.6 Å². The minimum Gasteiger partial charge on any atom is -0.494 e. The third kappa shape index (κ3) is 5.22. The Hall–Kier alpha value is -3.73. The van der Waals surface area contributed by atoms with Crippen LogP contribution in [0.15, 0.2) is 24.7 Å². The Bertz CT molecular complexity index is 1320. The maximum absolute atomic E-state index is 14.7. The van der Waals surface area contributed by atoms with Crippen molar-refractivity contribution in [3.63, 3.8) is 0 Å². The number of piperidine rings is 1. The third-order valence-corrected chi connectivity index (χ3v) is 6.81. The second-order valence-corrected chi connectivity index (χ2v) is 9.66. The van der Waals surface area contributed by atoms with E-state index in [1.807, 2.05) is 0 Å². The predicted octanol–water partition coefficient (Wildman–Crippen LogP) is 2.66. The zero-order valence-electron chi connectivity index (χ0n) is 20.8. The van der Waals surface area contributed by atoms with Crippen molar-refractivity contribution in [2.24, 2.45) is 5.92 Å². The highest BCUT2D eigenvalue weighted by Crippen LogP contribution is 2.39. The molecule has 11 heteroatoms. The van der Waals surface area contributed by atoms with Crippen LogP contribution in [-0.4, -0.2) is 75.7 Å². The summed E-state index contributed by atoms with van der Waals surface area (Å²) in [6, 6.07) is 2.58. The van der Waals surface area contributed by atoms with Crippen LogP contribution < -0.4 is 14.8 Å². The number of benzene rings is 1. The van der Waals surface area contributed by atoms with Gasteiger partial charge in [-0.15, -0.1) is 0 Å². The van der Waals surface area contributed by atoms with Gasteiger partial charge in [0.1, 0.15) is 29.4 Å². The topological polar surface area (TPSA) is 130 Å². The Morgan fingerprint density at radius 2 is 2.08 bits per heavy atom. The molecule has 2 aliphatic rings. The van der Waals surface area contributed by atoms with Gasteiger partial charge in [0.25, 0.3) is 11.8 Å². The van der Waals surface area contributed by atoms with E-state index in [4.69, 9.17) is 9.47 Å². The molecular weight excluding hydrogens is 481 g/mol. The standard InChI is InChI=1S/C26H30FN5O5/c1-14(33)26(35)32-7-3-4-16(11-32)31-25(34)18-10-28-24-22(29-13-30-23(18)24)17-8-19(27)21(36-2)9-20(17)37-12-15-5-6-15/h8-10,13-16,28,33H,3-7,11-12H2,1-2H3,(H,31,34)/t14-,16+/m0/s1. The first-order valence-electron chi connectivity index (χ1n) is 12.5. The van der Waals surface area contributed by atoms with Crippen molar-refractivity contribution in [2.75, 3.05) is 26.8 Å². The Morgan fingerprint density at radius 1 is 1.27 bits per heavy atom. The number of hydrogen-bond acceptors (Lipinski definition) is 7. The van der Waals surface area contributed by atoms with E-state index >= 15 is 0 Å². The number of carbonyl (C=O) groups excluding carboxylic acids is 2. The van der Waals surface area contributed by atoms with E-state index in [2.05, 4.69) is 20.3 Å². The van der Waals surface area contributed by atoms with E-state index in [1.54, 1.807) is 11.1 Å². The highest BCUT2D eigenvalue weighted by molar-refractivity contribution is 6.08. The van der Waals surface area contributed by atoms with Crippen LogP contribution in [0.25, 0.3) is 22.3 Å². The minimum atomic E-state index is -1.08. The molecule has 1 saturated heterocycles. The van der Waals surface area contributed by atoms with Gasteiger partial charge in [-0.3, -0.25) is 9.59 Å². The number of likely N-dealkylation sites (tertiary alicyclic amines) is 1. The first-order chi connectivity index (χ1) is 17.9. The lowest BCUT2D eigenvalue weighted by Gasteiger charge is -2.33. The molecule has 1 saturated carbocycles. The normalized spacial score (nSPS) is 18.5. The number of rotatable bonds is 8. The summed E-state index contributed by atoms with van der Waals surface area (Å²) >= 11 is 0. The van der Waals surface area contributed by atoms with E-state index in [9.17, 15) is 19.1 Å². The summed E-state index contributed by atoms with van der Waals surface area (Å²) < 4.78 is 25.9. The van der Waals surface area contributed by atoms with Crippen LogP contribution in [0.3, 0.4) is 0 Å². The lowest BCUT2D eigenvalue weighted by Crippen LogP contribution is -2.51. The van der Waals surface area contributed by atoms with Crippen LogP contribution in [0.2, 0.25) is 0 Å². The monoisotopic (exact) mass is 511 g/mol. The maximum Gasteiger partial charge on any atom is 0.255 e. The summed E-state index contributed by atoms with van der Waals surface area (Å²) in [7, 11) is 1.40. The summed E-state index contributed by atoms with van der Waals surface area (Å²) in [6.07, 6.45) is 5.43. The molecule has 37 heavy (non-hydrogen) atoms. The SMILES string of the molecule is COc1cc(OCC2CC2)c(-c2ncnc3c(C(=O)N[C@@H]4CCCN(C(=O)[C@H](C)O)C4)c[nH]c23)cc1F. The fourth-order valence-corrected chi connectivity index (χ4v) is 4.63. The first kappa shape index (κ1) is 24.9. The molecule has 3 N–H and O–H groups in total. The molecule has 2 amide bonds. The molecule has 3 aromatic rings. The predicted molar refractivity (Wildman–Crippen MR) is 133 cm³/mol. The summed E-state index contributed by atoms with van der Waals surface area (Å²) in [5.41, 5.74) is 2.01. The minimum absolute atomic E-state index is 0.0713. The second-order valence-electron chi connectivity index (χ2n) is 9.66. The fourth-order valence-electron chi connectivity index (χ4n) is 4.63. The average Bonchev–Trinajstić information content (AvgIpc) is 3.62. The number of nitrogens with zero attached hydrogens (tertiary/aromatic N) is 3. The maximum atomic E-state index is 14.7. The zero-order chi connectivity index (χ0) is 26.1. The smallest absolute Gasteiger partial charge is 0.255 e. The summed E-state index contributed by atoms with van der Waals surface area (Å²) in [5.74, 6) is -0.256. The van der Waals surface area contributed by atoms with Gasteiger partial charge in [-0.2, -0.15) is 0 Å². The number of H-pyrrole nitrogens is 1. The van der Waals surface area contributed by atoms with Gasteiger partial charge in [-0.25, -0.2) is 14.4 Å². The number of aromatic amines is 1. The molecule has 3 heterocycles. The molecule has 0 radical (unpaired) electrons. The Kier molecular flexibility index (Phi) is 6.96. The van der Waals surface area contributed by atoms with E-state index < -0.39 is 11.9 Å². The molecule has 1 aliphatic heterocycles. The van der Waals surface area contributed by atoms with Crippen LogP contribution in [0.5, 0.6) is 11.5 Å². The number of aliphatic hydroxyl groups is 1. The number of ether oxygens (including phenoxy) is 2. The van der Waals surface area contributed by atoms with Gasteiger partial charge < -0.3 is 29.8 Å². The molecule has 2 aromatic heterocycles. The van der Waals surface area contributed by atoms with Crippen molar-refractivity contribution in [1.82, 2.24) is 25.2 Å². The molecule has 0 unspecified atom stereocenters. The lowest BCUT2D eigenvalue weighted by molar-refractivity contribution is -0.140. The molecule has 196 valence electrons. The van der Waals surface area contributed by atoms with E-state index in [0.29, 0.717) is 65.6 Å². The van der Waals surface area contributed by atoms with Crippen molar-refractivity contribution >= 4 is 22.8 Å². The van der Waals surface area contributed by atoms with Gasteiger partial charge in [-0.1, -0.05) is 0 Å². The number of nitrogens with one attached hydrogen (secondary N) is 2. The van der Waals surface area contributed by atoms with Gasteiger partial charge in [0.05, 0.1) is 24.8 Å².